The van der Waals surface area contributed by atoms with Crippen molar-refractivity contribution in [3.63, 3.8) is 0 Å². The van der Waals surface area contributed by atoms with Crippen LogP contribution in [0.2, 0.25) is 0 Å². The summed E-state index contributed by atoms with van der Waals surface area (Å²) in [6.07, 6.45) is 1.75. The summed E-state index contributed by atoms with van der Waals surface area (Å²) in [5.74, 6) is -0.0903. The van der Waals surface area contributed by atoms with Crippen molar-refractivity contribution in [2.45, 2.75) is 13.8 Å². The SMILES string of the molecule is Cc1cc(C)cc(NC(=O)c2c[nH]c3ccccc23)c1. The van der Waals surface area contributed by atoms with Crippen molar-refractivity contribution in [1.29, 1.82) is 0 Å². The third kappa shape index (κ3) is 2.30. The van der Waals surface area contributed by atoms with Gasteiger partial charge in [-0.05, 0) is 43.2 Å². The number of anilines is 1. The molecular formula is C17H16N2O. The van der Waals surface area contributed by atoms with E-state index >= 15 is 0 Å². The van der Waals surface area contributed by atoms with Crippen LogP contribution in [0.5, 0.6) is 0 Å². The van der Waals surface area contributed by atoms with Gasteiger partial charge in [0.1, 0.15) is 0 Å². The second-order valence-corrected chi connectivity index (χ2v) is 5.08. The zero-order chi connectivity index (χ0) is 14.1. The van der Waals surface area contributed by atoms with Gasteiger partial charge in [0.25, 0.3) is 5.91 Å². The average molecular weight is 264 g/mol. The van der Waals surface area contributed by atoms with E-state index in [1.165, 1.54) is 0 Å². The Morgan fingerprint density at radius 3 is 2.50 bits per heavy atom. The fraction of sp³-hybridized carbons (Fsp3) is 0.118. The summed E-state index contributed by atoms with van der Waals surface area (Å²) in [6.45, 7) is 4.04. The molecule has 0 aliphatic carbocycles. The lowest BCUT2D eigenvalue weighted by Crippen LogP contribution is -2.11. The normalized spacial score (nSPS) is 10.7. The molecule has 0 aliphatic rings. The molecule has 1 amide bonds. The molecule has 1 aromatic heterocycles. The smallest absolute Gasteiger partial charge is 0.257 e. The molecule has 0 spiro atoms. The lowest BCUT2D eigenvalue weighted by Gasteiger charge is -2.07. The minimum absolute atomic E-state index is 0.0903. The van der Waals surface area contributed by atoms with E-state index in [1.54, 1.807) is 6.20 Å². The highest BCUT2D eigenvalue weighted by Crippen LogP contribution is 2.20. The number of amides is 1. The molecule has 0 fully saturated rings. The topological polar surface area (TPSA) is 44.9 Å². The number of carbonyl (C=O) groups is 1. The number of hydrogen-bond donors (Lipinski definition) is 2. The number of aromatic nitrogens is 1. The van der Waals surface area contributed by atoms with Gasteiger partial charge >= 0.3 is 0 Å². The fourth-order valence-electron chi connectivity index (χ4n) is 2.50. The lowest BCUT2D eigenvalue weighted by molar-refractivity contribution is 0.102. The van der Waals surface area contributed by atoms with E-state index in [9.17, 15) is 4.79 Å². The van der Waals surface area contributed by atoms with E-state index in [-0.39, 0.29) is 5.91 Å². The van der Waals surface area contributed by atoms with Gasteiger partial charge in [-0.25, -0.2) is 0 Å². The molecule has 0 saturated heterocycles. The highest BCUT2D eigenvalue weighted by Gasteiger charge is 2.11. The van der Waals surface area contributed by atoms with Crippen LogP contribution in [0, 0.1) is 13.8 Å². The fourth-order valence-corrected chi connectivity index (χ4v) is 2.50. The molecular weight excluding hydrogens is 248 g/mol. The maximum atomic E-state index is 12.4. The van der Waals surface area contributed by atoms with E-state index in [0.717, 1.165) is 27.7 Å². The van der Waals surface area contributed by atoms with E-state index < -0.39 is 0 Å². The Bertz CT molecular complexity index is 766. The van der Waals surface area contributed by atoms with Gasteiger partial charge in [0.15, 0.2) is 0 Å². The molecule has 2 N–H and O–H groups in total. The van der Waals surface area contributed by atoms with Gasteiger partial charge in [-0.3, -0.25) is 4.79 Å². The van der Waals surface area contributed by atoms with Gasteiger partial charge < -0.3 is 10.3 Å². The van der Waals surface area contributed by atoms with Crippen LogP contribution in [0.25, 0.3) is 10.9 Å². The number of nitrogens with one attached hydrogen (secondary N) is 2. The largest absolute Gasteiger partial charge is 0.360 e. The highest BCUT2D eigenvalue weighted by atomic mass is 16.1. The van der Waals surface area contributed by atoms with Gasteiger partial charge in [0.2, 0.25) is 0 Å². The van der Waals surface area contributed by atoms with Crippen LogP contribution < -0.4 is 5.32 Å². The number of fused-ring (bicyclic) bond motifs is 1. The van der Waals surface area contributed by atoms with Crippen molar-refractivity contribution in [2.24, 2.45) is 0 Å². The number of para-hydroxylation sites is 1. The first kappa shape index (κ1) is 12.5. The van der Waals surface area contributed by atoms with Crippen molar-refractivity contribution >= 4 is 22.5 Å². The van der Waals surface area contributed by atoms with Gasteiger partial charge in [-0.1, -0.05) is 24.3 Å². The van der Waals surface area contributed by atoms with Gasteiger partial charge in [0, 0.05) is 22.8 Å². The first-order valence-electron chi connectivity index (χ1n) is 6.59. The molecule has 20 heavy (non-hydrogen) atoms. The monoisotopic (exact) mass is 264 g/mol. The van der Waals surface area contributed by atoms with E-state index in [0.29, 0.717) is 5.56 Å². The maximum absolute atomic E-state index is 12.4. The molecule has 2 aromatic carbocycles. The van der Waals surface area contributed by atoms with Gasteiger partial charge in [-0.15, -0.1) is 0 Å². The summed E-state index contributed by atoms with van der Waals surface area (Å²) in [5, 5.41) is 3.90. The summed E-state index contributed by atoms with van der Waals surface area (Å²) in [5.41, 5.74) is 4.74. The zero-order valence-corrected chi connectivity index (χ0v) is 11.5. The molecule has 0 saturated carbocycles. The number of aryl methyl sites for hydroxylation is 2. The predicted octanol–water partition coefficient (Wildman–Crippen LogP) is 4.04. The van der Waals surface area contributed by atoms with Crippen LogP contribution in [0.15, 0.2) is 48.7 Å². The molecule has 3 aromatic rings. The third-order valence-corrected chi connectivity index (χ3v) is 3.31. The Morgan fingerprint density at radius 1 is 1.05 bits per heavy atom. The molecule has 0 unspecified atom stereocenters. The maximum Gasteiger partial charge on any atom is 0.257 e. The summed E-state index contributed by atoms with van der Waals surface area (Å²) < 4.78 is 0. The van der Waals surface area contributed by atoms with Crippen molar-refractivity contribution in [3.8, 4) is 0 Å². The Hall–Kier alpha value is -2.55. The van der Waals surface area contributed by atoms with E-state index in [2.05, 4.69) is 16.4 Å². The summed E-state index contributed by atoms with van der Waals surface area (Å²) in [7, 11) is 0. The zero-order valence-electron chi connectivity index (χ0n) is 11.5. The lowest BCUT2D eigenvalue weighted by atomic mass is 10.1. The quantitative estimate of drug-likeness (QED) is 0.721. The summed E-state index contributed by atoms with van der Waals surface area (Å²) in [6, 6.07) is 13.8. The van der Waals surface area contributed by atoms with Crippen molar-refractivity contribution < 1.29 is 4.79 Å². The Labute approximate surface area is 117 Å². The molecule has 3 heteroatoms. The number of rotatable bonds is 2. The first-order chi connectivity index (χ1) is 9.63. The number of aromatic amines is 1. The van der Waals surface area contributed by atoms with Crippen molar-refractivity contribution in [2.75, 3.05) is 5.32 Å². The van der Waals surface area contributed by atoms with Crippen LogP contribution >= 0.6 is 0 Å². The van der Waals surface area contributed by atoms with Crippen LogP contribution in [0.3, 0.4) is 0 Å². The number of hydrogen-bond acceptors (Lipinski definition) is 1. The van der Waals surface area contributed by atoms with Crippen molar-refractivity contribution in [3.05, 3.63) is 65.4 Å². The van der Waals surface area contributed by atoms with Crippen LogP contribution in [0.1, 0.15) is 21.5 Å². The Kier molecular flexibility index (Phi) is 3.03. The van der Waals surface area contributed by atoms with E-state index in [4.69, 9.17) is 0 Å². The summed E-state index contributed by atoms with van der Waals surface area (Å²) >= 11 is 0. The molecule has 100 valence electrons. The van der Waals surface area contributed by atoms with E-state index in [1.807, 2.05) is 50.2 Å². The second-order valence-electron chi connectivity index (χ2n) is 5.08. The number of H-pyrrole nitrogens is 1. The average Bonchev–Trinajstić information content (AvgIpc) is 2.81. The minimum atomic E-state index is -0.0903. The van der Waals surface area contributed by atoms with Crippen molar-refractivity contribution in [1.82, 2.24) is 4.98 Å². The van der Waals surface area contributed by atoms with Crippen LogP contribution in [0.4, 0.5) is 5.69 Å². The molecule has 1 heterocycles. The molecule has 0 atom stereocenters. The Morgan fingerprint density at radius 2 is 1.75 bits per heavy atom. The molecule has 0 bridgehead atoms. The molecule has 3 rings (SSSR count). The molecule has 0 aliphatic heterocycles. The number of benzene rings is 2. The second kappa shape index (κ2) is 4.85. The minimum Gasteiger partial charge on any atom is -0.360 e. The van der Waals surface area contributed by atoms with Gasteiger partial charge in [-0.2, -0.15) is 0 Å². The number of carbonyl (C=O) groups excluding carboxylic acids is 1. The van der Waals surface area contributed by atoms with Gasteiger partial charge in [0.05, 0.1) is 5.56 Å². The highest BCUT2D eigenvalue weighted by molar-refractivity contribution is 6.12. The first-order valence-corrected chi connectivity index (χ1v) is 6.59. The molecule has 3 nitrogen and oxygen atoms in total. The third-order valence-electron chi connectivity index (χ3n) is 3.31. The Balaban J connectivity index is 1.93. The van der Waals surface area contributed by atoms with Crippen LogP contribution in [-0.2, 0) is 0 Å². The van der Waals surface area contributed by atoms with Crippen LogP contribution in [-0.4, -0.2) is 10.9 Å². The predicted molar refractivity (Wildman–Crippen MR) is 82.2 cm³/mol. The summed E-state index contributed by atoms with van der Waals surface area (Å²) in [4.78, 5) is 15.5. The standard InChI is InChI=1S/C17H16N2O/c1-11-7-12(2)9-13(8-11)19-17(20)15-10-18-16-6-4-3-5-14(15)16/h3-10,18H,1-2H3,(H,19,20). The molecule has 0 radical (unpaired) electrons.